The van der Waals surface area contributed by atoms with Gasteiger partial charge in [0.1, 0.15) is 11.5 Å². The number of pyridine rings is 1. The summed E-state index contributed by atoms with van der Waals surface area (Å²) in [6, 6.07) is 8.02. The van der Waals surface area contributed by atoms with Gasteiger partial charge < -0.3 is 14.4 Å². The minimum absolute atomic E-state index is 0.0349. The van der Waals surface area contributed by atoms with Crippen LogP contribution in [0.1, 0.15) is 42.1 Å². The molecule has 6 heteroatoms. The molecule has 1 aliphatic rings. The molecule has 0 atom stereocenters. The molecule has 0 N–H and O–H groups in total. The highest BCUT2D eigenvalue weighted by atomic mass is 16.5. The van der Waals surface area contributed by atoms with Crippen LogP contribution >= 0.6 is 0 Å². The minimum Gasteiger partial charge on any atom is -0.496 e. The van der Waals surface area contributed by atoms with E-state index in [4.69, 9.17) is 9.47 Å². The Labute approximate surface area is 191 Å². The topological polar surface area (TPSA) is 54.9 Å². The summed E-state index contributed by atoms with van der Waals surface area (Å²) in [4.78, 5) is 21.8. The predicted molar refractivity (Wildman–Crippen MR) is 128 cm³/mol. The molecule has 2 aromatic rings. The van der Waals surface area contributed by atoms with Crippen molar-refractivity contribution in [2.75, 3.05) is 34.4 Å². The molecule has 2 heterocycles. The van der Waals surface area contributed by atoms with Crippen LogP contribution in [-0.2, 0) is 11.3 Å². The van der Waals surface area contributed by atoms with E-state index < -0.39 is 0 Å². The molecule has 1 fully saturated rings. The molecule has 1 aromatic heterocycles. The number of carbonyl (C=O) groups is 1. The van der Waals surface area contributed by atoms with Gasteiger partial charge in [-0.15, -0.1) is 0 Å². The maximum absolute atomic E-state index is 12.9. The van der Waals surface area contributed by atoms with Crippen LogP contribution in [0.5, 0.6) is 11.5 Å². The molecule has 0 saturated carbocycles. The first-order valence-electron chi connectivity index (χ1n) is 11.2. The highest BCUT2D eigenvalue weighted by Gasteiger charge is 2.25. The predicted octanol–water partition coefficient (Wildman–Crippen LogP) is 4.24. The smallest absolute Gasteiger partial charge is 0.246 e. The first-order valence-corrected chi connectivity index (χ1v) is 11.2. The fraction of sp³-hybridized carbons (Fsp3) is 0.462. The summed E-state index contributed by atoms with van der Waals surface area (Å²) in [6.45, 7) is 8.73. The molecular formula is C26H35N3O3. The summed E-state index contributed by atoms with van der Waals surface area (Å²) in [5, 5.41) is 0. The Hall–Kier alpha value is -2.86. The molecule has 0 spiro atoms. The number of likely N-dealkylation sites (N-methyl/N-ethyl adjacent to an activating group) is 1. The van der Waals surface area contributed by atoms with Crippen LogP contribution in [-0.4, -0.2) is 61.1 Å². The number of amides is 1. The quantitative estimate of drug-likeness (QED) is 0.607. The fourth-order valence-electron chi connectivity index (χ4n) is 4.42. The van der Waals surface area contributed by atoms with Crippen LogP contribution in [0.2, 0.25) is 0 Å². The zero-order valence-electron chi connectivity index (χ0n) is 20.1. The summed E-state index contributed by atoms with van der Waals surface area (Å²) < 4.78 is 11.0. The van der Waals surface area contributed by atoms with Crippen molar-refractivity contribution in [3.63, 3.8) is 0 Å². The number of ether oxygens (including phenoxy) is 2. The van der Waals surface area contributed by atoms with Gasteiger partial charge in [-0.2, -0.15) is 0 Å². The fourth-order valence-corrected chi connectivity index (χ4v) is 4.42. The number of rotatable bonds is 7. The third kappa shape index (κ3) is 5.30. The van der Waals surface area contributed by atoms with Gasteiger partial charge in [0.2, 0.25) is 5.91 Å². The molecule has 1 aliphatic heterocycles. The van der Waals surface area contributed by atoms with Gasteiger partial charge in [-0.3, -0.25) is 14.7 Å². The molecule has 0 aliphatic carbocycles. The van der Waals surface area contributed by atoms with Crippen molar-refractivity contribution in [2.24, 2.45) is 0 Å². The number of methoxy groups -OCH3 is 2. The number of benzene rings is 1. The summed E-state index contributed by atoms with van der Waals surface area (Å²) in [5.41, 5.74) is 5.09. The van der Waals surface area contributed by atoms with Crippen molar-refractivity contribution in [1.29, 1.82) is 0 Å². The number of aromatic nitrogens is 1. The lowest BCUT2D eigenvalue weighted by molar-refractivity contribution is -0.127. The molecule has 0 unspecified atom stereocenters. The van der Waals surface area contributed by atoms with E-state index in [2.05, 4.69) is 16.8 Å². The van der Waals surface area contributed by atoms with Crippen LogP contribution in [0.4, 0.5) is 0 Å². The highest BCUT2D eigenvalue weighted by Crippen LogP contribution is 2.27. The molecule has 1 amide bonds. The lowest BCUT2D eigenvalue weighted by Crippen LogP contribution is -2.45. The summed E-state index contributed by atoms with van der Waals surface area (Å²) >= 11 is 0. The third-order valence-electron chi connectivity index (χ3n) is 6.45. The molecule has 1 aromatic carbocycles. The number of allylic oxidation sites excluding steroid dienone is 1. The second kappa shape index (κ2) is 10.6. The number of para-hydroxylation sites is 1. The third-order valence-corrected chi connectivity index (χ3v) is 6.45. The van der Waals surface area contributed by atoms with Gasteiger partial charge in [0.15, 0.2) is 0 Å². The van der Waals surface area contributed by atoms with Crippen LogP contribution in [0.15, 0.2) is 36.5 Å². The molecular weight excluding hydrogens is 402 g/mol. The highest BCUT2D eigenvalue weighted by molar-refractivity contribution is 5.95. The lowest BCUT2D eigenvalue weighted by atomic mass is 10.0. The number of likely N-dealkylation sites (tertiary alicyclic amines) is 1. The van der Waals surface area contributed by atoms with Crippen LogP contribution < -0.4 is 9.47 Å². The summed E-state index contributed by atoms with van der Waals surface area (Å²) in [6.07, 6.45) is 5.50. The van der Waals surface area contributed by atoms with E-state index in [1.165, 1.54) is 0 Å². The normalized spacial score (nSPS) is 15.5. The Morgan fingerprint density at radius 3 is 2.53 bits per heavy atom. The van der Waals surface area contributed by atoms with Crippen molar-refractivity contribution in [3.8, 4) is 11.5 Å². The van der Waals surface area contributed by atoms with E-state index in [1.807, 2.05) is 56.3 Å². The largest absolute Gasteiger partial charge is 0.496 e. The Balaban J connectivity index is 1.59. The van der Waals surface area contributed by atoms with Gasteiger partial charge in [0.05, 0.1) is 19.9 Å². The summed E-state index contributed by atoms with van der Waals surface area (Å²) in [5.74, 6) is 1.74. The van der Waals surface area contributed by atoms with E-state index in [9.17, 15) is 4.79 Å². The molecule has 32 heavy (non-hydrogen) atoms. The average Bonchev–Trinajstić information content (AvgIpc) is 2.81. The molecule has 1 saturated heterocycles. The van der Waals surface area contributed by atoms with E-state index in [-0.39, 0.29) is 11.9 Å². The van der Waals surface area contributed by atoms with Crippen LogP contribution in [0.3, 0.4) is 0 Å². The number of aryl methyl sites for hydroxylation is 1. The number of hydrogen-bond donors (Lipinski definition) is 0. The first kappa shape index (κ1) is 23.8. The van der Waals surface area contributed by atoms with Crippen molar-refractivity contribution in [2.45, 2.75) is 46.2 Å². The first-order chi connectivity index (χ1) is 15.3. The van der Waals surface area contributed by atoms with E-state index in [0.29, 0.717) is 0 Å². The second-order valence-electron chi connectivity index (χ2n) is 8.53. The van der Waals surface area contributed by atoms with E-state index >= 15 is 0 Å². The summed E-state index contributed by atoms with van der Waals surface area (Å²) in [7, 11) is 5.27. The van der Waals surface area contributed by atoms with Gasteiger partial charge >= 0.3 is 0 Å². The van der Waals surface area contributed by atoms with Gasteiger partial charge in [0, 0.05) is 61.7 Å². The molecule has 0 radical (unpaired) electrons. The van der Waals surface area contributed by atoms with Crippen molar-refractivity contribution < 1.29 is 14.3 Å². The van der Waals surface area contributed by atoms with E-state index in [0.717, 1.165) is 71.9 Å². The van der Waals surface area contributed by atoms with Crippen molar-refractivity contribution in [1.82, 2.24) is 14.8 Å². The molecule has 172 valence electrons. The van der Waals surface area contributed by atoms with Gasteiger partial charge in [-0.25, -0.2) is 0 Å². The monoisotopic (exact) mass is 437 g/mol. The Kier molecular flexibility index (Phi) is 7.91. The lowest BCUT2D eigenvalue weighted by Gasteiger charge is -2.36. The van der Waals surface area contributed by atoms with Gasteiger partial charge in [0.25, 0.3) is 0 Å². The van der Waals surface area contributed by atoms with Crippen molar-refractivity contribution in [3.05, 3.63) is 58.9 Å². The standard InChI is InChI=1S/C26H35N3O3/c1-18(22-9-7-8-10-24(22)31-5)15-25(30)28(4)21-11-13-29(14-12-21)17-23-20(3)26(32-6)19(2)16-27-23/h7-10,15-16,21H,11-14,17H2,1-6H3/b18-15+. The maximum atomic E-state index is 12.9. The van der Waals surface area contributed by atoms with E-state index in [1.54, 1.807) is 20.3 Å². The second-order valence-corrected chi connectivity index (χ2v) is 8.53. The number of nitrogens with zero attached hydrogens (tertiary/aromatic N) is 3. The Morgan fingerprint density at radius 1 is 1.19 bits per heavy atom. The number of piperidine rings is 1. The van der Waals surface area contributed by atoms with Crippen molar-refractivity contribution >= 4 is 11.5 Å². The number of carbonyl (C=O) groups excluding carboxylic acids is 1. The van der Waals surface area contributed by atoms with Crippen LogP contribution in [0.25, 0.3) is 5.57 Å². The zero-order valence-corrected chi connectivity index (χ0v) is 20.1. The Morgan fingerprint density at radius 2 is 1.88 bits per heavy atom. The maximum Gasteiger partial charge on any atom is 0.246 e. The van der Waals surface area contributed by atoms with Crippen LogP contribution in [0, 0.1) is 13.8 Å². The number of hydrogen-bond acceptors (Lipinski definition) is 5. The SMILES string of the molecule is COc1ccccc1/C(C)=C/C(=O)N(C)C1CCN(Cc2ncc(C)c(OC)c2C)CC1. The molecule has 0 bridgehead atoms. The molecule has 6 nitrogen and oxygen atoms in total. The van der Waals surface area contributed by atoms with Gasteiger partial charge in [-0.1, -0.05) is 18.2 Å². The minimum atomic E-state index is 0.0349. The Bertz CT molecular complexity index is 978. The average molecular weight is 438 g/mol. The molecule has 3 rings (SSSR count). The zero-order chi connectivity index (χ0) is 23.3. The van der Waals surface area contributed by atoms with Gasteiger partial charge in [-0.05, 0) is 45.3 Å².